The van der Waals surface area contributed by atoms with E-state index in [9.17, 15) is 4.79 Å². The zero-order chi connectivity index (χ0) is 18.3. The minimum absolute atomic E-state index is 0.103. The maximum Gasteiger partial charge on any atom is 0.274 e. The molecule has 0 radical (unpaired) electrons. The second-order valence-electron chi connectivity index (χ2n) is 9.75. The number of hydrogen-bond acceptors (Lipinski definition) is 2. The third-order valence-corrected chi connectivity index (χ3v) is 4.67. The summed E-state index contributed by atoms with van der Waals surface area (Å²) in [7, 11) is 0. The van der Waals surface area contributed by atoms with Crippen LogP contribution in [0.15, 0.2) is 6.07 Å². The van der Waals surface area contributed by atoms with E-state index < -0.39 is 0 Å². The lowest BCUT2D eigenvalue weighted by molar-refractivity contribution is 0.0696. The quantitative estimate of drug-likeness (QED) is 0.796. The topological polar surface area (TPSA) is 38.1 Å². The molecular weight excluding hydrogens is 298 g/mol. The molecule has 1 aromatic rings. The summed E-state index contributed by atoms with van der Waals surface area (Å²) in [6.45, 7) is 18.3. The predicted octanol–water partition coefficient (Wildman–Crippen LogP) is 4.80. The van der Waals surface area contributed by atoms with E-state index in [-0.39, 0.29) is 16.9 Å². The molecule has 0 aromatic carbocycles. The highest BCUT2D eigenvalue weighted by atomic mass is 16.2. The Labute approximate surface area is 147 Å². The monoisotopic (exact) mass is 333 g/mol. The zero-order valence-corrected chi connectivity index (χ0v) is 16.8. The van der Waals surface area contributed by atoms with E-state index in [0.717, 1.165) is 31.5 Å². The molecule has 1 aliphatic rings. The molecule has 1 aliphatic heterocycles. The Hall–Kier alpha value is -1.32. The van der Waals surface area contributed by atoms with Gasteiger partial charge in [0, 0.05) is 18.3 Å². The van der Waals surface area contributed by atoms with Crippen molar-refractivity contribution in [1.82, 2.24) is 14.7 Å². The molecule has 0 spiro atoms. The van der Waals surface area contributed by atoms with Gasteiger partial charge < -0.3 is 4.90 Å². The fourth-order valence-corrected chi connectivity index (χ4v) is 3.62. The average Bonchev–Trinajstić information content (AvgIpc) is 3.01. The van der Waals surface area contributed by atoms with Gasteiger partial charge in [-0.1, -0.05) is 34.6 Å². The molecule has 2 heterocycles. The second kappa shape index (κ2) is 6.53. The van der Waals surface area contributed by atoms with Crippen LogP contribution in [0.25, 0.3) is 0 Å². The SMILES string of the molecule is CC(C)c1cc(C(=O)N2CCC[C@@H]2CC(C)(C)C)nn1C(C)(C)C. The van der Waals surface area contributed by atoms with Gasteiger partial charge in [0.15, 0.2) is 5.69 Å². The van der Waals surface area contributed by atoms with Crippen molar-refractivity contribution >= 4 is 5.91 Å². The highest BCUT2D eigenvalue weighted by Crippen LogP contribution is 2.31. The Kier molecular flexibility index (Phi) is 5.17. The van der Waals surface area contributed by atoms with Crippen LogP contribution in [0, 0.1) is 5.41 Å². The Morgan fingerprint density at radius 2 is 1.88 bits per heavy atom. The standard InChI is InChI=1S/C20H35N3O/c1-14(2)17-12-16(21-23(17)20(6,7)8)18(24)22-11-9-10-15(22)13-19(3,4)5/h12,14-15H,9-11,13H2,1-8H3/t15-/m1/s1. The van der Waals surface area contributed by atoms with Crippen LogP contribution < -0.4 is 0 Å². The molecule has 2 rings (SSSR count). The van der Waals surface area contributed by atoms with E-state index in [0.29, 0.717) is 17.7 Å². The van der Waals surface area contributed by atoms with Gasteiger partial charge in [0.25, 0.3) is 5.91 Å². The summed E-state index contributed by atoms with van der Waals surface area (Å²) in [5.41, 5.74) is 1.86. The Morgan fingerprint density at radius 3 is 2.33 bits per heavy atom. The van der Waals surface area contributed by atoms with Gasteiger partial charge in [0.05, 0.1) is 5.54 Å². The molecule has 1 fully saturated rings. The van der Waals surface area contributed by atoms with Crippen molar-refractivity contribution in [1.29, 1.82) is 0 Å². The minimum Gasteiger partial charge on any atom is -0.334 e. The van der Waals surface area contributed by atoms with Crippen LogP contribution in [0.3, 0.4) is 0 Å². The first-order chi connectivity index (χ1) is 10.9. The summed E-state index contributed by atoms with van der Waals surface area (Å²) >= 11 is 0. The highest BCUT2D eigenvalue weighted by molar-refractivity contribution is 5.92. The third kappa shape index (κ3) is 4.20. The molecule has 4 heteroatoms. The molecular formula is C20H35N3O. The summed E-state index contributed by atoms with van der Waals surface area (Å²) < 4.78 is 2.03. The van der Waals surface area contributed by atoms with Crippen molar-refractivity contribution < 1.29 is 4.79 Å². The first-order valence-electron chi connectivity index (χ1n) is 9.31. The third-order valence-electron chi connectivity index (χ3n) is 4.67. The summed E-state index contributed by atoms with van der Waals surface area (Å²) in [4.78, 5) is 15.2. The molecule has 1 atom stereocenters. The van der Waals surface area contributed by atoms with Crippen LogP contribution in [0.1, 0.15) is 96.8 Å². The Morgan fingerprint density at radius 1 is 1.25 bits per heavy atom. The van der Waals surface area contributed by atoms with Crippen molar-refractivity contribution in [2.24, 2.45) is 5.41 Å². The average molecular weight is 334 g/mol. The summed E-state index contributed by atoms with van der Waals surface area (Å²) in [5.74, 6) is 0.453. The summed E-state index contributed by atoms with van der Waals surface area (Å²) in [6, 6.07) is 2.35. The van der Waals surface area contributed by atoms with Crippen LogP contribution in [0.2, 0.25) is 0 Å². The number of carbonyl (C=O) groups is 1. The molecule has 0 N–H and O–H groups in total. The van der Waals surface area contributed by atoms with E-state index >= 15 is 0 Å². The van der Waals surface area contributed by atoms with Gasteiger partial charge >= 0.3 is 0 Å². The van der Waals surface area contributed by atoms with Crippen molar-refractivity contribution in [3.8, 4) is 0 Å². The molecule has 0 bridgehead atoms. The van der Waals surface area contributed by atoms with E-state index in [1.807, 2.05) is 10.7 Å². The van der Waals surface area contributed by atoms with Crippen molar-refractivity contribution in [2.45, 2.75) is 92.2 Å². The number of likely N-dealkylation sites (tertiary alicyclic amines) is 1. The van der Waals surface area contributed by atoms with Gasteiger partial charge in [0.1, 0.15) is 0 Å². The minimum atomic E-state index is -0.117. The highest BCUT2D eigenvalue weighted by Gasteiger charge is 2.34. The number of hydrogen-bond donors (Lipinski definition) is 0. The molecule has 0 saturated carbocycles. The largest absolute Gasteiger partial charge is 0.334 e. The lowest BCUT2D eigenvalue weighted by Gasteiger charge is -2.30. The molecule has 4 nitrogen and oxygen atoms in total. The molecule has 1 aromatic heterocycles. The van der Waals surface area contributed by atoms with Gasteiger partial charge in [-0.2, -0.15) is 5.10 Å². The van der Waals surface area contributed by atoms with E-state index in [2.05, 4.69) is 60.3 Å². The fraction of sp³-hybridized carbons (Fsp3) is 0.800. The number of amides is 1. The first kappa shape index (κ1) is 19.0. The second-order valence-corrected chi connectivity index (χ2v) is 9.75. The molecule has 24 heavy (non-hydrogen) atoms. The number of aromatic nitrogens is 2. The number of rotatable bonds is 3. The van der Waals surface area contributed by atoms with Crippen LogP contribution in [0.4, 0.5) is 0 Å². The molecule has 1 saturated heterocycles. The molecule has 0 aliphatic carbocycles. The Bertz CT molecular complexity index is 587. The Balaban J connectivity index is 2.29. The lowest BCUT2D eigenvalue weighted by Crippen LogP contribution is -2.38. The van der Waals surface area contributed by atoms with Gasteiger partial charge in [-0.05, 0) is 57.4 Å². The van der Waals surface area contributed by atoms with Gasteiger partial charge in [-0.3, -0.25) is 9.48 Å². The first-order valence-corrected chi connectivity index (χ1v) is 9.31. The van der Waals surface area contributed by atoms with Crippen molar-refractivity contribution in [3.63, 3.8) is 0 Å². The number of carbonyl (C=O) groups excluding carboxylic acids is 1. The lowest BCUT2D eigenvalue weighted by atomic mass is 9.87. The smallest absolute Gasteiger partial charge is 0.274 e. The fourth-order valence-electron chi connectivity index (χ4n) is 3.62. The summed E-state index contributed by atoms with van der Waals surface area (Å²) in [6.07, 6.45) is 3.26. The zero-order valence-electron chi connectivity index (χ0n) is 16.8. The van der Waals surface area contributed by atoms with Gasteiger partial charge in [-0.15, -0.1) is 0 Å². The van der Waals surface area contributed by atoms with Crippen molar-refractivity contribution in [3.05, 3.63) is 17.5 Å². The normalized spacial score (nSPS) is 19.4. The van der Waals surface area contributed by atoms with Gasteiger partial charge in [0.2, 0.25) is 0 Å². The molecule has 1 amide bonds. The van der Waals surface area contributed by atoms with Crippen molar-refractivity contribution in [2.75, 3.05) is 6.54 Å². The van der Waals surface area contributed by atoms with E-state index in [1.54, 1.807) is 0 Å². The molecule has 0 unspecified atom stereocenters. The number of nitrogens with zero attached hydrogens (tertiary/aromatic N) is 3. The maximum absolute atomic E-state index is 13.1. The maximum atomic E-state index is 13.1. The van der Waals surface area contributed by atoms with Crippen LogP contribution in [0.5, 0.6) is 0 Å². The molecule has 136 valence electrons. The van der Waals surface area contributed by atoms with E-state index in [4.69, 9.17) is 5.10 Å². The van der Waals surface area contributed by atoms with E-state index in [1.165, 1.54) is 0 Å². The van der Waals surface area contributed by atoms with Gasteiger partial charge in [-0.25, -0.2) is 0 Å². The predicted molar refractivity (Wildman–Crippen MR) is 99.4 cm³/mol. The van der Waals surface area contributed by atoms with Crippen LogP contribution in [-0.2, 0) is 5.54 Å². The van der Waals surface area contributed by atoms with Crippen LogP contribution >= 0.6 is 0 Å². The summed E-state index contributed by atoms with van der Waals surface area (Å²) in [5, 5.41) is 4.70. The van der Waals surface area contributed by atoms with Crippen LogP contribution in [-0.4, -0.2) is 33.2 Å².